The minimum atomic E-state index is -0.00929. The summed E-state index contributed by atoms with van der Waals surface area (Å²) < 4.78 is 0. The number of aromatic nitrogens is 2. The van der Waals surface area contributed by atoms with E-state index < -0.39 is 0 Å². The van der Waals surface area contributed by atoms with Crippen molar-refractivity contribution >= 4 is 44.3 Å². The highest BCUT2D eigenvalue weighted by atomic mass is 35.5. The van der Waals surface area contributed by atoms with E-state index in [-0.39, 0.29) is 11.8 Å². The lowest BCUT2D eigenvalue weighted by Crippen LogP contribution is -2.43. The number of carbonyl (C=O) groups is 1. The summed E-state index contributed by atoms with van der Waals surface area (Å²) in [4.78, 5) is 24.8. The maximum atomic E-state index is 12.6. The first-order chi connectivity index (χ1) is 13.2. The smallest absolute Gasteiger partial charge is 0.224 e. The van der Waals surface area contributed by atoms with E-state index >= 15 is 0 Å². The molecule has 0 saturated carbocycles. The Bertz CT molecular complexity index is 911. The van der Waals surface area contributed by atoms with Gasteiger partial charge in [0.1, 0.15) is 10.3 Å². The third-order valence-corrected chi connectivity index (χ3v) is 6.28. The Kier molecular flexibility index (Phi) is 5.55. The van der Waals surface area contributed by atoms with E-state index in [4.69, 9.17) is 11.6 Å². The summed E-state index contributed by atoms with van der Waals surface area (Å²) in [5.41, 5.74) is 1.98. The fourth-order valence-corrected chi connectivity index (χ4v) is 4.60. The number of nitrogens with one attached hydrogen (secondary N) is 1. The Balaban J connectivity index is 1.34. The fourth-order valence-electron chi connectivity index (χ4n) is 3.42. The summed E-state index contributed by atoms with van der Waals surface area (Å²) in [6.07, 6.45) is 4.44. The molecule has 0 bridgehead atoms. The van der Waals surface area contributed by atoms with Gasteiger partial charge in [-0.25, -0.2) is 9.97 Å². The number of hydrogen-bond donors (Lipinski definition) is 1. The Morgan fingerprint density at radius 2 is 2.19 bits per heavy atom. The molecule has 3 aromatic rings. The first kappa shape index (κ1) is 18.2. The second-order valence-corrected chi connectivity index (χ2v) is 8.10. The summed E-state index contributed by atoms with van der Waals surface area (Å²) >= 11 is 7.77. The zero-order valence-corrected chi connectivity index (χ0v) is 16.5. The number of nitrogens with zero attached hydrogens (tertiary/aromatic N) is 3. The number of thiazole rings is 1. The molecule has 1 aromatic carbocycles. The molecule has 27 heavy (non-hydrogen) atoms. The third-order valence-electron chi connectivity index (χ3n) is 4.87. The van der Waals surface area contributed by atoms with Crippen LogP contribution in [0.1, 0.15) is 18.4 Å². The van der Waals surface area contributed by atoms with Crippen LogP contribution in [-0.2, 0) is 11.2 Å². The molecule has 1 amide bonds. The number of hydrogen-bond acceptors (Lipinski definition) is 5. The molecule has 140 valence electrons. The van der Waals surface area contributed by atoms with E-state index in [0.29, 0.717) is 13.1 Å². The first-order valence-electron chi connectivity index (χ1n) is 9.18. The number of halogens is 1. The first-order valence-corrected chi connectivity index (χ1v) is 10.4. The lowest BCUT2D eigenvalue weighted by atomic mass is 9.97. The van der Waals surface area contributed by atoms with Crippen molar-refractivity contribution < 1.29 is 4.79 Å². The lowest BCUT2D eigenvalue weighted by molar-refractivity contribution is -0.125. The zero-order chi connectivity index (χ0) is 18.6. The SMILES string of the molecule is O=C(NCCc1ccccc1Cl)[C@@H]1CCCN(c2nc3cccnc3s2)C1. The molecule has 5 nitrogen and oxygen atoms in total. The maximum absolute atomic E-state index is 12.6. The normalized spacial score (nSPS) is 17.2. The molecule has 1 atom stereocenters. The van der Waals surface area contributed by atoms with Crippen LogP contribution in [0.4, 0.5) is 5.13 Å². The second-order valence-electron chi connectivity index (χ2n) is 6.74. The molecule has 2 aromatic heterocycles. The fraction of sp³-hybridized carbons (Fsp3) is 0.350. The van der Waals surface area contributed by atoms with Gasteiger partial charge in [-0.05, 0) is 43.0 Å². The van der Waals surface area contributed by atoms with Crippen LogP contribution in [0.5, 0.6) is 0 Å². The van der Waals surface area contributed by atoms with Crippen LogP contribution in [-0.4, -0.2) is 35.5 Å². The number of rotatable bonds is 5. The van der Waals surface area contributed by atoms with E-state index in [1.807, 2.05) is 36.4 Å². The second kappa shape index (κ2) is 8.23. The average Bonchev–Trinajstić information content (AvgIpc) is 3.14. The highest BCUT2D eigenvalue weighted by Gasteiger charge is 2.27. The van der Waals surface area contributed by atoms with Crippen LogP contribution in [0.3, 0.4) is 0 Å². The molecule has 3 heterocycles. The van der Waals surface area contributed by atoms with Gasteiger partial charge in [-0.15, -0.1) is 0 Å². The van der Waals surface area contributed by atoms with Gasteiger partial charge in [0, 0.05) is 30.9 Å². The Morgan fingerprint density at radius 1 is 1.30 bits per heavy atom. The summed E-state index contributed by atoms with van der Waals surface area (Å²) in [7, 11) is 0. The Hall–Kier alpha value is -2.18. The van der Waals surface area contributed by atoms with Crippen molar-refractivity contribution in [3.63, 3.8) is 0 Å². The number of fused-ring (bicyclic) bond motifs is 1. The molecule has 0 aliphatic carbocycles. The zero-order valence-electron chi connectivity index (χ0n) is 14.9. The molecule has 1 fully saturated rings. The molecule has 4 rings (SSSR count). The quantitative estimate of drug-likeness (QED) is 0.705. The molecular weight excluding hydrogens is 380 g/mol. The molecule has 0 radical (unpaired) electrons. The predicted octanol–water partition coefficient (Wildman–Crippen LogP) is 3.92. The van der Waals surface area contributed by atoms with Gasteiger partial charge >= 0.3 is 0 Å². The van der Waals surface area contributed by atoms with Gasteiger partial charge < -0.3 is 10.2 Å². The van der Waals surface area contributed by atoms with Crippen LogP contribution in [0, 0.1) is 5.92 Å². The molecule has 7 heteroatoms. The number of carbonyl (C=O) groups excluding carboxylic acids is 1. The lowest BCUT2D eigenvalue weighted by Gasteiger charge is -2.31. The predicted molar refractivity (Wildman–Crippen MR) is 111 cm³/mol. The summed E-state index contributed by atoms with van der Waals surface area (Å²) in [6.45, 7) is 2.24. The molecule has 0 unspecified atom stereocenters. The standard InChI is InChI=1S/C20H21ClN4OS/c21-16-7-2-1-5-14(16)9-11-22-18(26)15-6-4-12-25(13-15)20-24-17-8-3-10-23-19(17)27-20/h1-3,5,7-8,10,15H,4,6,9,11-13H2,(H,22,26)/t15-/m1/s1. The van der Waals surface area contributed by atoms with Crippen molar-refractivity contribution in [2.75, 3.05) is 24.5 Å². The summed E-state index contributed by atoms with van der Waals surface area (Å²) in [5.74, 6) is 0.107. The monoisotopic (exact) mass is 400 g/mol. The average molecular weight is 401 g/mol. The highest BCUT2D eigenvalue weighted by molar-refractivity contribution is 7.21. The van der Waals surface area contributed by atoms with Crippen molar-refractivity contribution in [1.82, 2.24) is 15.3 Å². The number of piperidine rings is 1. The molecule has 1 saturated heterocycles. The summed E-state index contributed by atoms with van der Waals surface area (Å²) in [5, 5.41) is 4.78. The topological polar surface area (TPSA) is 58.1 Å². The number of anilines is 1. The van der Waals surface area contributed by atoms with Gasteiger partial charge in [-0.1, -0.05) is 41.1 Å². The minimum absolute atomic E-state index is 0.00929. The van der Waals surface area contributed by atoms with Gasteiger partial charge in [-0.3, -0.25) is 4.79 Å². The van der Waals surface area contributed by atoms with E-state index in [0.717, 1.165) is 51.9 Å². The van der Waals surface area contributed by atoms with E-state index in [9.17, 15) is 4.79 Å². The molecule has 0 spiro atoms. The van der Waals surface area contributed by atoms with Crippen LogP contribution in [0.25, 0.3) is 10.3 Å². The van der Waals surface area contributed by atoms with Crippen molar-refractivity contribution in [3.05, 3.63) is 53.2 Å². The number of benzene rings is 1. The van der Waals surface area contributed by atoms with Crippen molar-refractivity contribution in [2.45, 2.75) is 19.3 Å². The van der Waals surface area contributed by atoms with Gasteiger partial charge in [0.25, 0.3) is 0 Å². The van der Waals surface area contributed by atoms with E-state index in [1.165, 1.54) is 0 Å². The third kappa shape index (κ3) is 4.22. The van der Waals surface area contributed by atoms with Gasteiger partial charge in [-0.2, -0.15) is 0 Å². The van der Waals surface area contributed by atoms with Crippen LogP contribution < -0.4 is 10.2 Å². The van der Waals surface area contributed by atoms with E-state index in [1.54, 1.807) is 17.5 Å². The largest absolute Gasteiger partial charge is 0.355 e. The Labute approximate surface area is 167 Å². The van der Waals surface area contributed by atoms with Crippen LogP contribution in [0.2, 0.25) is 5.02 Å². The van der Waals surface area contributed by atoms with Gasteiger partial charge in [0.05, 0.1) is 5.92 Å². The molecule has 1 aliphatic rings. The van der Waals surface area contributed by atoms with Gasteiger partial charge in [0.2, 0.25) is 5.91 Å². The Morgan fingerprint density at radius 3 is 3.04 bits per heavy atom. The van der Waals surface area contributed by atoms with Crippen molar-refractivity contribution in [1.29, 1.82) is 0 Å². The van der Waals surface area contributed by atoms with Crippen molar-refractivity contribution in [3.8, 4) is 0 Å². The summed E-state index contributed by atoms with van der Waals surface area (Å²) in [6, 6.07) is 11.6. The van der Waals surface area contributed by atoms with Crippen LogP contribution in [0.15, 0.2) is 42.6 Å². The number of pyridine rings is 1. The van der Waals surface area contributed by atoms with Crippen LogP contribution >= 0.6 is 22.9 Å². The maximum Gasteiger partial charge on any atom is 0.224 e. The minimum Gasteiger partial charge on any atom is -0.355 e. The molecular formula is C20H21ClN4OS. The number of amides is 1. The molecule has 1 aliphatic heterocycles. The van der Waals surface area contributed by atoms with Gasteiger partial charge in [0.15, 0.2) is 5.13 Å². The molecule has 1 N–H and O–H groups in total. The van der Waals surface area contributed by atoms with E-state index in [2.05, 4.69) is 20.2 Å². The van der Waals surface area contributed by atoms with Crippen molar-refractivity contribution in [2.24, 2.45) is 5.92 Å². The highest BCUT2D eigenvalue weighted by Crippen LogP contribution is 2.30.